The molecule has 100 valence electrons. The van der Waals surface area contributed by atoms with Gasteiger partial charge in [-0.1, -0.05) is 35.9 Å². The van der Waals surface area contributed by atoms with Gasteiger partial charge in [0.15, 0.2) is 0 Å². The SMILES string of the molecule is Cc1ccccc1CSCc1nc(NN)ccc1Cl. The fourth-order valence-electron chi connectivity index (χ4n) is 1.70. The molecule has 0 spiro atoms. The summed E-state index contributed by atoms with van der Waals surface area (Å²) in [6.07, 6.45) is 0. The summed E-state index contributed by atoms with van der Waals surface area (Å²) in [4.78, 5) is 4.36. The number of nitrogens with one attached hydrogen (secondary N) is 1. The van der Waals surface area contributed by atoms with Crippen molar-refractivity contribution in [3.8, 4) is 0 Å². The maximum atomic E-state index is 6.12. The van der Waals surface area contributed by atoms with Crippen LogP contribution in [0.15, 0.2) is 36.4 Å². The zero-order chi connectivity index (χ0) is 13.7. The molecule has 1 aromatic carbocycles. The molecule has 0 atom stereocenters. The maximum Gasteiger partial charge on any atom is 0.140 e. The quantitative estimate of drug-likeness (QED) is 0.651. The second kappa shape index (κ2) is 6.80. The molecule has 1 heterocycles. The summed E-state index contributed by atoms with van der Waals surface area (Å²) in [5, 5.41) is 0.677. The minimum atomic E-state index is 0.635. The molecular weight excluding hydrogens is 278 g/mol. The second-order valence-corrected chi connectivity index (χ2v) is 5.58. The number of hydrogen-bond donors (Lipinski definition) is 2. The van der Waals surface area contributed by atoms with Crippen LogP contribution in [-0.2, 0) is 11.5 Å². The van der Waals surface area contributed by atoms with Crippen molar-refractivity contribution >= 4 is 29.2 Å². The van der Waals surface area contributed by atoms with Crippen LogP contribution in [0.3, 0.4) is 0 Å². The van der Waals surface area contributed by atoms with Gasteiger partial charge in [0.1, 0.15) is 5.82 Å². The summed E-state index contributed by atoms with van der Waals surface area (Å²) in [5.74, 6) is 7.70. The topological polar surface area (TPSA) is 50.9 Å². The van der Waals surface area contributed by atoms with Crippen LogP contribution in [0.25, 0.3) is 0 Å². The minimum absolute atomic E-state index is 0.635. The Morgan fingerprint density at radius 3 is 2.74 bits per heavy atom. The van der Waals surface area contributed by atoms with E-state index in [9.17, 15) is 0 Å². The standard InChI is InChI=1S/C14H16ClN3S/c1-10-4-2-3-5-11(10)8-19-9-13-12(15)6-7-14(17-13)18-16/h2-7H,8-9,16H2,1H3,(H,17,18). The maximum absolute atomic E-state index is 6.12. The van der Waals surface area contributed by atoms with Crippen molar-refractivity contribution in [2.45, 2.75) is 18.4 Å². The second-order valence-electron chi connectivity index (χ2n) is 4.19. The Morgan fingerprint density at radius 2 is 2.00 bits per heavy atom. The molecule has 5 heteroatoms. The van der Waals surface area contributed by atoms with Crippen LogP contribution >= 0.6 is 23.4 Å². The number of aryl methyl sites for hydroxylation is 1. The van der Waals surface area contributed by atoms with Crippen LogP contribution < -0.4 is 11.3 Å². The molecule has 0 bridgehead atoms. The van der Waals surface area contributed by atoms with E-state index in [0.717, 1.165) is 17.2 Å². The number of nitrogen functional groups attached to an aromatic ring is 1. The highest BCUT2D eigenvalue weighted by molar-refractivity contribution is 7.97. The summed E-state index contributed by atoms with van der Waals surface area (Å²) >= 11 is 7.91. The van der Waals surface area contributed by atoms with E-state index in [2.05, 4.69) is 41.6 Å². The van der Waals surface area contributed by atoms with E-state index < -0.39 is 0 Å². The van der Waals surface area contributed by atoms with E-state index in [1.54, 1.807) is 17.8 Å². The molecule has 3 N–H and O–H groups in total. The number of thioether (sulfide) groups is 1. The van der Waals surface area contributed by atoms with E-state index in [1.165, 1.54) is 11.1 Å². The summed E-state index contributed by atoms with van der Waals surface area (Å²) < 4.78 is 0. The Balaban J connectivity index is 1.98. The fraction of sp³-hybridized carbons (Fsp3) is 0.214. The molecule has 0 amide bonds. The lowest BCUT2D eigenvalue weighted by molar-refractivity contribution is 1.14. The number of nitrogens with zero attached hydrogens (tertiary/aromatic N) is 1. The van der Waals surface area contributed by atoms with Crippen molar-refractivity contribution in [1.29, 1.82) is 0 Å². The number of rotatable bonds is 5. The van der Waals surface area contributed by atoms with Crippen LogP contribution in [0, 0.1) is 6.92 Å². The third kappa shape index (κ3) is 3.86. The van der Waals surface area contributed by atoms with Crippen LogP contribution in [0.2, 0.25) is 5.02 Å². The number of anilines is 1. The number of hydrogen-bond acceptors (Lipinski definition) is 4. The van der Waals surface area contributed by atoms with E-state index in [0.29, 0.717) is 10.8 Å². The molecule has 2 rings (SSSR count). The first-order chi connectivity index (χ1) is 9.20. The van der Waals surface area contributed by atoms with Crippen molar-refractivity contribution in [3.05, 3.63) is 58.2 Å². The van der Waals surface area contributed by atoms with E-state index in [1.807, 2.05) is 6.07 Å². The molecule has 0 aliphatic heterocycles. The minimum Gasteiger partial charge on any atom is -0.308 e. The molecule has 19 heavy (non-hydrogen) atoms. The normalized spacial score (nSPS) is 10.5. The third-order valence-corrected chi connectivity index (χ3v) is 4.16. The number of hydrazine groups is 1. The van der Waals surface area contributed by atoms with Gasteiger partial charge in [-0.15, -0.1) is 0 Å². The zero-order valence-electron chi connectivity index (χ0n) is 10.7. The highest BCUT2D eigenvalue weighted by atomic mass is 35.5. The number of benzene rings is 1. The number of halogens is 1. The lowest BCUT2D eigenvalue weighted by atomic mass is 10.1. The van der Waals surface area contributed by atoms with Crippen molar-refractivity contribution in [3.63, 3.8) is 0 Å². The van der Waals surface area contributed by atoms with Gasteiger partial charge in [-0.05, 0) is 30.2 Å². The predicted octanol–water partition coefficient (Wildman–Crippen LogP) is 3.76. The summed E-state index contributed by atoms with van der Waals surface area (Å²) in [7, 11) is 0. The highest BCUT2D eigenvalue weighted by Crippen LogP contribution is 2.24. The smallest absolute Gasteiger partial charge is 0.140 e. The van der Waals surface area contributed by atoms with Crippen molar-refractivity contribution in [1.82, 2.24) is 4.98 Å². The molecule has 0 saturated heterocycles. The lowest BCUT2D eigenvalue weighted by Gasteiger charge is -2.07. The number of pyridine rings is 1. The Morgan fingerprint density at radius 1 is 1.21 bits per heavy atom. The lowest BCUT2D eigenvalue weighted by Crippen LogP contribution is -2.09. The summed E-state index contributed by atoms with van der Waals surface area (Å²) in [6, 6.07) is 12.0. The first-order valence-electron chi connectivity index (χ1n) is 5.95. The van der Waals surface area contributed by atoms with E-state index >= 15 is 0 Å². The fourth-order valence-corrected chi connectivity index (χ4v) is 3.01. The van der Waals surface area contributed by atoms with Crippen molar-refractivity contribution in [2.75, 3.05) is 5.43 Å². The molecular formula is C14H16ClN3S. The van der Waals surface area contributed by atoms with Crippen molar-refractivity contribution < 1.29 is 0 Å². The monoisotopic (exact) mass is 293 g/mol. The first-order valence-corrected chi connectivity index (χ1v) is 7.48. The van der Waals surface area contributed by atoms with Gasteiger partial charge in [-0.3, -0.25) is 0 Å². The average Bonchev–Trinajstić information content (AvgIpc) is 2.43. The van der Waals surface area contributed by atoms with Crippen LogP contribution in [-0.4, -0.2) is 4.98 Å². The molecule has 0 radical (unpaired) electrons. The van der Waals surface area contributed by atoms with Gasteiger partial charge < -0.3 is 5.43 Å². The predicted molar refractivity (Wildman–Crippen MR) is 83.2 cm³/mol. The Hall–Kier alpha value is -1.23. The average molecular weight is 294 g/mol. The Kier molecular flexibility index (Phi) is 5.07. The van der Waals surface area contributed by atoms with Crippen molar-refractivity contribution in [2.24, 2.45) is 5.84 Å². The zero-order valence-corrected chi connectivity index (χ0v) is 12.3. The van der Waals surface area contributed by atoms with E-state index in [4.69, 9.17) is 17.4 Å². The van der Waals surface area contributed by atoms with Gasteiger partial charge in [0.2, 0.25) is 0 Å². The first kappa shape index (κ1) is 14.2. The Labute approximate surface area is 122 Å². The van der Waals surface area contributed by atoms with Gasteiger partial charge in [0.25, 0.3) is 0 Å². The van der Waals surface area contributed by atoms with Crippen LogP contribution in [0.5, 0.6) is 0 Å². The van der Waals surface area contributed by atoms with Gasteiger partial charge in [-0.2, -0.15) is 11.8 Å². The van der Waals surface area contributed by atoms with Gasteiger partial charge in [-0.25, -0.2) is 10.8 Å². The Bertz CT molecular complexity index is 560. The molecule has 3 nitrogen and oxygen atoms in total. The van der Waals surface area contributed by atoms with Crippen LogP contribution in [0.1, 0.15) is 16.8 Å². The molecule has 2 aromatic rings. The molecule has 0 unspecified atom stereocenters. The summed E-state index contributed by atoms with van der Waals surface area (Å²) in [5.41, 5.74) is 6.05. The number of aromatic nitrogens is 1. The molecule has 1 aromatic heterocycles. The molecule has 0 aliphatic carbocycles. The molecule has 0 aliphatic rings. The van der Waals surface area contributed by atoms with Crippen LogP contribution in [0.4, 0.5) is 5.82 Å². The van der Waals surface area contributed by atoms with Gasteiger partial charge >= 0.3 is 0 Å². The van der Waals surface area contributed by atoms with Gasteiger partial charge in [0.05, 0.1) is 10.7 Å². The molecule has 0 saturated carbocycles. The summed E-state index contributed by atoms with van der Waals surface area (Å²) in [6.45, 7) is 2.13. The van der Waals surface area contributed by atoms with Gasteiger partial charge in [0, 0.05) is 11.5 Å². The third-order valence-electron chi connectivity index (χ3n) is 2.82. The largest absolute Gasteiger partial charge is 0.308 e. The van der Waals surface area contributed by atoms with E-state index in [-0.39, 0.29) is 0 Å². The molecule has 0 fully saturated rings. The highest BCUT2D eigenvalue weighted by Gasteiger charge is 2.05. The number of nitrogens with two attached hydrogens (primary N) is 1.